The Balaban J connectivity index is 2.03. The van der Waals surface area contributed by atoms with Crippen LogP contribution in [-0.4, -0.2) is 26.1 Å². The van der Waals surface area contributed by atoms with Crippen LogP contribution in [0.1, 0.15) is 11.8 Å². The van der Waals surface area contributed by atoms with E-state index < -0.39 is 0 Å². The summed E-state index contributed by atoms with van der Waals surface area (Å²) in [7, 11) is 3.57. The fraction of sp³-hybridized carbons (Fsp3) is 0.312. The van der Waals surface area contributed by atoms with Gasteiger partial charge < -0.3 is 15.0 Å². The monoisotopic (exact) mass is 417 g/mol. The van der Waals surface area contributed by atoms with Gasteiger partial charge in [0, 0.05) is 5.02 Å². The molecule has 2 atom stereocenters. The minimum absolute atomic E-state index is 0.0707. The average Bonchev–Trinajstić information content (AvgIpc) is 2.91. The van der Waals surface area contributed by atoms with E-state index in [2.05, 4.69) is 27.3 Å². The molecule has 0 spiro atoms. The molecule has 0 aliphatic heterocycles. The number of methoxy groups -OCH3 is 1. The van der Waals surface area contributed by atoms with Crippen LogP contribution < -0.4 is 15.0 Å². The Hall–Kier alpha value is -1.08. The Morgan fingerprint density at radius 1 is 1.43 bits per heavy atom. The zero-order valence-electron chi connectivity index (χ0n) is 13.2. The first kappa shape index (κ1) is 18.3. The zero-order chi connectivity index (χ0) is 17.0. The van der Waals surface area contributed by atoms with E-state index in [-0.39, 0.29) is 11.9 Å². The van der Waals surface area contributed by atoms with E-state index in [0.717, 1.165) is 15.2 Å². The predicted molar refractivity (Wildman–Crippen MR) is 98.7 cm³/mol. The highest BCUT2D eigenvalue weighted by atomic mass is 79.9. The number of likely N-dealkylation sites (N-methyl/N-ethyl adjacent to an activating group) is 1. The second-order valence-corrected chi connectivity index (χ2v) is 8.27. The summed E-state index contributed by atoms with van der Waals surface area (Å²) in [6.45, 7) is 2.70. The van der Waals surface area contributed by atoms with E-state index in [9.17, 15) is 4.79 Å². The van der Waals surface area contributed by atoms with Crippen LogP contribution in [0.15, 0.2) is 34.1 Å². The minimum atomic E-state index is -0.209. The van der Waals surface area contributed by atoms with Gasteiger partial charge in [-0.05, 0) is 53.2 Å². The van der Waals surface area contributed by atoms with Crippen LogP contribution in [0.2, 0.25) is 5.02 Å². The van der Waals surface area contributed by atoms with Gasteiger partial charge >= 0.3 is 0 Å². The molecule has 0 aliphatic rings. The molecule has 2 aromatic rings. The van der Waals surface area contributed by atoms with Gasteiger partial charge in [-0.15, -0.1) is 11.3 Å². The molecule has 0 aliphatic carbocycles. The van der Waals surface area contributed by atoms with E-state index >= 15 is 0 Å². The number of benzene rings is 1. The van der Waals surface area contributed by atoms with E-state index in [0.29, 0.717) is 16.5 Å². The van der Waals surface area contributed by atoms with Crippen molar-refractivity contribution in [2.45, 2.75) is 19.5 Å². The lowest BCUT2D eigenvalue weighted by atomic mass is 10.2. The molecule has 2 N–H and O–H groups in total. The quantitative estimate of drug-likeness (QED) is 0.756. The molecule has 0 saturated carbocycles. The third kappa shape index (κ3) is 4.94. The van der Waals surface area contributed by atoms with Crippen LogP contribution in [0.5, 0.6) is 5.75 Å². The highest BCUT2D eigenvalue weighted by Gasteiger charge is 2.23. The highest BCUT2D eigenvalue weighted by molar-refractivity contribution is 9.11. The predicted octanol–water partition coefficient (Wildman–Crippen LogP) is 3.21. The molecule has 4 nitrogen and oxygen atoms in total. The number of rotatable bonds is 6. The van der Waals surface area contributed by atoms with Crippen LogP contribution >= 0.6 is 38.9 Å². The molecule has 23 heavy (non-hydrogen) atoms. The van der Waals surface area contributed by atoms with Crippen molar-refractivity contribution < 1.29 is 14.4 Å². The number of hydrogen-bond acceptors (Lipinski definition) is 3. The molecule has 1 amide bonds. The molecular weight excluding hydrogens is 400 g/mol. The second-order valence-electron chi connectivity index (χ2n) is 5.28. The fourth-order valence-corrected chi connectivity index (χ4v) is 3.87. The van der Waals surface area contributed by atoms with Gasteiger partial charge in [0.15, 0.2) is 6.04 Å². The van der Waals surface area contributed by atoms with Crippen LogP contribution in [0, 0.1) is 0 Å². The average molecular weight is 419 g/mol. The first-order valence-corrected chi connectivity index (χ1v) is 9.10. The number of carbonyl (C=O) groups excluding carboxylic acids is 1. The second kappa shape index (κ2) is 8.15. The standard InChI is InChI=1S/C16H18BrClN2O2S/c1-10(20(2)9-12-5-7-15(17)23-12)16(21)19-13-8-11(18)4-6-14(13)22-3/h4-8,10H,9H2,1-3H3,(H,19,21)/p+1/t10-/m1/s1. The lowest BCUT2D eigenvalue weighted by Gasteiger charge is -2.21. The molecule has 1 aromatic heterocycles. The number of thiophene rings is 1. The van der Waals surface area contributed by atoms with Gasteiger partial charge in [-0.2, -0.15) is 0 Å². The van der Waals surface area contributed by atoms with Crippen LogP contribution in [-0.2, 0) is 11.3 Å². The molecule has 1 aromatic carbocycles. The van der Waals surface area contributed by atoms with Gasteiger partial charge in [0.05, 0.1) is 28.5 Å². The van der Waals surface area contributed by atoms with E-state index in [1.54, 1.807) is 36.6 Å². The number of amides is 1. The Morgan fingerprint density at radius 2 is 2.17 bits per heavy atom. The van der Waals surface area contributed by atoms with Crippen molar-refractivity contribution >= 4 is 50.5 Å². The maximum absolute atomic E-state index is 12.5. The van der Waals surface area contributed by atoms with E-state index in [1.807, 2.05) is 20.0 Å². The zero-order valence-corrected chi connectivity index (χ0v) is 16.3. The third-order valence-corrected chi connectivity index (χ3v) is 5.49. The lowest BCUT2D eigenvalue weighted by molar-refractivity contribution is -0.907. The molecule has 1 heterocycles. The van der Waals surface area contributed by atoms with Crippen LogP contribution in [0.4, 0.5) is 5.69 Å². The Kier molecular flexibility index (Phi) is 6.47. The number of ether oxygens (including phenoxy) is 1. The van der Waals surface area contributed by atoms with Gasteiger partial charge in [0.25, 0.3) is 5.91 Å². The highest BCUT2D eigenvalue weighted by Crippen LogP contribution is 2.27. The molecule has 1 unspecified atom stereocenters. The number of quaternary nitrogens is 1. The minimum Gasteiger partial charge on any atom is -0.495 e. The number of nitrogens with one attached hydrogen (secondary N) is 2. The molecule has 0 fully saturated rings. The number of hydrogen-bond donors (Lipinski definition) is 2. The summed E-state index contributed by atoms with van der Waals surface area (Å²) in [6.07, 6.45) is 0. The summed E-state index contributed by atoms with van der Waals surface area (Å²) < 4.78 is 6.35. The summed E-state index contributed by atoms with van der Waals surface area (Å²) in [4.78, 5) is 14.8. The topological polar surface area (TPSA) is 42.8 Å². The number of anilines is 1. The smallest absolute Gasteiger partial charge is 0.282 e. The van der Waals surface area contributed by atoms with E-state index in [4.69, 9.17) is 16.3 Å². The van der Waals surface area contributed by atoms with Crippen molar-refractivity contribution in [2.24, 2.45) is 0 Å². The fourth-order valence-electron chi connectivity index (χ4n) is 2.12. The van der Waals surface area contributed by atoms with E-state index in [1.165, 1.54) is 4.88 Å². The number of halogens is 2. The van der Waals surface area contributed by atoms with Crippen molar-refractivity contribution in [1.82, 2.24) is 0 Å². The summed E-state index contributed by atoms with van der Waals surface area (Å²) in [5, 5.41) is 3.45. The van der Waals surface area contributed by atoms with Crippen molar-refractivity contribution in [3.05, 3.63) is 44.0 Å². The Morgan fingerprint density at radius 3 is 2.78 bits per heavy atom. The molecule has 0 saturated heterocycles. The maximum Gasteiger partial charge on any atom is 0.282 e. The molecular formula is C16H19BrClN2O2S+. The molecule has 124 valence electrons. The summed E-state index contributed by atoms with van der Waals surface area (Å²) in [5.74, 6) is 0.522. The number of carbonyl (C=O) groups is 1. The largest absolute Gasteiger partial charge is 0.495 e. The van der Waals surface area contributed by atoms with Crippen LogP contribution in [0.3, 0.4) is 0 Å². The normalized spacial score (nSPS) is 13.4. The molecule has 0 bridgehead atoms. The maximum atomic E-state index is 12.5. The molecule has 7 heteroatoms. The summed E-state index contributed by atoms with van der Waals surface area (Å²) >= 11 is 11.1. The molecule has 0 radical (unpaired) electrons. The van der Waals surface area contributed by atoms with Crippen molar-refractivity contribution in [2.75, 3.05) is 19.5 Å². The Labute approximate surface area is 153 Å². The molecule has 2 rings (SSSR count). The lowest BCUT2D eigenvalue weighted by Crippen LogP contribution is -3.12. The third-order valence-electron chi connectivity index (χ3n) is 3.63. The first-order valence-electron chi connectivity index (χ1n) is 7.11. The van der Waals surface area contributed by atoms with Crippen LogP contribution in [0.25, 0.3) is 0 Å². The summed E-state index contributed by atoms with van der Waals surface area (Å²) in [5.41, 5.74) is 0.587. The van der Waals surface area contributed by atoms with Gasteiger partial charge in [-0.3, -0.25) is 4.79 Å². The first-order chi connectivity index (χ1) is 10.9. The van der Waals surface area contributed by atoms with Gasteiger partial charge in [0.1, 0.15) is 12.3 Å². The Bertz CT molecular complexity index is 692. The van der Waals surface area contributed by atoms with Crippen molar-refractivity contribution in [1.29, 1.82) is 0 Å². The van der Waals surface area contributed by atoms with Gasteiger partial charge in [-0.25, -0.2) is 0 Å². The van der Waals surface area contributed by atoms with Crippen molar-refractivity contribution in [3.8, 4) is 5.75 Å². The summed E-state index contributed by atoms with van der Waals surface area (Å²) in [6, 6.07) is 9.04. The van der Waals surface area contributed by atoms with Gasteiger partial charge in [0.2, 0.25) is 0 Å². The van der Waals surface area contributed by atoms with Crippen molar-refractivity contribution in [3.63, 3.8) is 0 Å². The SMILES string of the molecule is COc1ccc(Cl)cc1NC(=O)[C@@H](C)[NH+](C)Cc1ccc(Br)s1. The van der Waals surface area contributed by atoms with Gasteiger partial charge in [-0.1, -0.05) is 11.6 Å².